The van der Waals surface area contributed by atoms with Gasteiger partial charge >= 0.3 is 0 Å². The molecule has 100 valence electrons. The summed E-state index contributed by atoms with van der Waals surface area (Å²) in [6.45, 7) is 5.70. The van der Waals surface area contributed by atoms with E-state index in [2.05, 4.69) is 43.2 Å². The minimum atomic E-state index is 0.541. The lowest BCUT2D eigenvalue weighted by molar-refractivity contribution is 0.110. The lowest BCUT2D eigenvalue weighted by atomic mass is 10.0. The van der Waals surface area contributed by atoms with Gasteiger partial charge in [-0.15, -0.1) is 0 Å². The Labute approximate surface area is 113 Å². The van der Waals surface area contributed by atoms with Crippen molar-refractivity contribution in [3.05, 3.63) is 41.1 Å². The largest absolute Gasteiger partial charge is 0.382 e. The van der Waals surface area contributed by atoms with E-state index < -0.39 is 0 Å². The van der Waals surface area contributed by atoms with E-state index in [1.165, 1.54) is 11.3 Å². The van der Waals surface area contributed by atoms with Gasteiger partial charge in [-0.1, -0.05) is 26.0 Å². The van der Waals surface area contributed by atoms with Gasteiger partial charge in [-0.3, -0.25) is 0 Å². The van der Waals surface area contributed by atoms with Gasteiger partial charge in [0, 0.05) is 12.0 Å². The Morgan fingerprint density at radius 2 is 2.00 bits per heavy atom. The predicted molar refractivity (Wildman–Crippen MR) is 75.4 cm³/mol. The van der Waals surface area contributed by atoms with Crippen LogP contribution in [0.4, 0.5) is 5.82 Å². The molecule has 0 aliphatic carbocycles. The lowest BCUT2D eigenvalue weighted by Crippen LogP contribution is -2.13. The first-order valence-electron chi connectivity index (χ1n) is 6.71. The second kappa shape index (κ2) is 4.70. The monoisotopic (exact) mass is 257 g/mol. The zero-order chi connectivity index (χ0) is 13.4. The highest BCUT2D eigenvalue weighted by Gasteiger charge is 2.20. The summed E-state index contributed by atoms with van der Waals surface area (Å²) in [6, 6.07) is 8.53. The molecule has 2 aromatic rings. The molecule has 4 nitrogen and oxygen atoms in total. The number of fused-ring (bicyclic) bond motifs is 1. The summed E-state index contributed by atoms with van der Waals surface area (Å²) in [7, 11) is 0. The van der Waals surface area contributed by atoms with Gasteiger partial charge in [0.1, 0.15) is 0 Å². The van der Waals surface area contributed by atoms with Crippen molar-refractivity contribution in [3.8, 4) is 5.69 Å². The van der Waals surface area contributed by atoms with E-state index in [9.17, 15) is 0 Å². The first kappa shape index (κ1) is 12.2. The summed E-state index contributed by atoms with van der Waals surface area (Å²) in [5.41, 5.74) is 10.6. The van der Waals surface area contributed by atoms with Crippen LogP contribution in [-0.4, -0.2) is 16.4 Å². The number of ether oxygens (including phenoxy) is 1. The molecule has 0 amide bonds. The van der Waals surface area contributed by atoms with E-state index in [4.69, 9.17) is 10.5 Å². The minimum absolute atomic E-state index is 0.541. The highest BCUT2D eigenvalue weighted by Crippen LogP contribution is 2.26. The Kier molecular flexibility index (Phi) is 3.03. The fraction of sp³-hybridized carbons (Fsp3) is 0.400. The molecule has 0 atom stereocenters. The maximum Gasteiger partial charge on any atom is 0.151 e. The molecule has 0 saturated carbocycles. The lowest BCUT2D eigenvalue weighted by Gasteiger charge is -2.15. The summed E-state index contributed by atoms with van der Waals surface area (Å²) in [5, 5.41) is 4.45. The van der Waals surface area contributed by atoms with E-state index in [-0.39, 0.29) is 0 Å². The number of anilines is 1. The zero-order valence-corrected chi connectivity index (χ0v) is 11.4. The van der Waals surface area contributed by atoms with Crippen LogP contribution >= 0.6 is 0 Å². The number of hydrogen-bond acceptors (Lipinski definition) is 3. The van der Waals surface area contributed by atoms with Crippen LogP contribution in [-0.2, 0) is 17.8 Å². The molecule has 0 bridgehead atoms. The summed E-state index contributed by atoms with van der Waals surface area (Å²) < 4.78 is 7.40. The predicted octanol–water partition coefficient (Wildman–Crippen LogP) is 2.65. The van der Waals surface area contributed by atoms with E-state index in [1.807, 2.05) is 4.68 Å². The summed E-state index contributed by atoms with van der Waals surface area (Å²) >= 11 is 0. The number of hydrogen-bond donors (Lipinski definition) is 1. The number of nitrogens with two attached hydrogens (primary N) is 1. The van der Waals surface area contributed by atoms with Gasteiger partial charge in [0.05, 0.1) is 24.6 Å². The van der Waals surface area contributed by atoms with E-state index in [0.717, 1.165) is 24.3 Å². The van der Waals surface area contributed by atoms with Crippen molar-refractivity contribution in [1.29, 1.82) is 0 Å². The van der Waals surface area contributed by atoms with Crippen molar-refractivity contribution in [1.82, 2.24) is 9.78 Å². The third kappa shape index (κ3) is 2.12. The molecule has 0 radical (unpaired) electrons. The Morgan fingerprint density at radius 1 is 1.26 bits per heavy atom. The maximum atomic E-state index is 5.97. The van der Waals surface area contributed by atoms with Gasteiger partial charge in [-0.2, -0.15) is 5.10 Å². The molecule has 0 saturated heterocycles. The molecule has 1 aliphatic rings. The van der Waals surface area contributed by atoms with Crippen LogP contribution in [0.15, 0.2) is 24.3 Å². The number of nitrogens with zero attached hydrogens (tertiary/aromatic N) is 2. The molecule has 1 aliphatic heterocycles. The molecule has 0 fully saturated rings. The quantitative estimate of drug-likeness (QED) is 0.899. The van der Waals surface area contributed by atoms with Crippen molar-refractivity contribution >= 4 is 5.82 Å². The average molecular weight is 257 g/mol. The van der Waals surface area contributed by atoms with Crippen LogP contribution in [0, 0.1) is 0 Å². The Hall–Kier alpha value is -1.81. The highest BCUT2D eigenvalue weighted by molar-refractivity contribution is 5.48. The number of benzene rings is 1. The van der Waals surface area contributed by atoms with Gasteiger partial charge in [-0.05, 0) is 23.6 Å². The zero-order valence-electron chi connectivity index (χ0n) is 11.4. The van der Waals surface area contributed by atoms with Crippen LogP contribution in [0.5, 0.6) is 0 Å². The molecule has 1 aromatic carbocycles. The van der Waals surface area contributed by atoms with Crippen LogP contribution < -0.4 is 5.73 Å². The second-order valence-corrected chi connectivity index (χ2v) is 5.27. The van der Waals surface area contributed by atoms with Crippen molar-refractivity contribution < 1.29 is 4.74 Å². The Balaban J connectivity index is 2.02. The van der Waals surface area contributed by atoms with Crippen molar-refractivity contribution in [3.63, 3.8) is 0 Å². The van der Waals surface area contributed by atoms with Crippen LogP contribution in [0.2, 0.25) is 0 Å². The third-order valence-corrected chi connectivity index (χ3v) is 3.65. The highest BCUT2D eigenvalue weighted by atomic mass is 16.5. The number of aromatic nitrogens is 2. The molecule has 0 spiro atoms. The van der Waals surface area contributed by atoms with Crippen molar-refractivity contribution in [2.24, 2.45) is 0 Å². The van der Waals surface area contributed by atoms with Gasteiger partial charge < -0.3 is 10.5 Å². The Morgan fingerprint density at radius 3 is 2.68 bits per heavy atom. The fourth-order valence-electron chi connectivity index (χ4n) is 2.48. The molecule has 3 rings (SSSR count). The first-order chi connectivity index (χ1) is 9.16. The topological polar surface area (TPSA) is 53.1 Å². The summed E-state index contributed by atoms with van der Waals surface area (Å²) in [6.07, 6.45) is 0.867. The standard InChI is InChI=1S/C15H19N3O/c1-10(2)11-3-5-12(6-4-11)18-14-7-8-19-9-13(14)15(16)17-18/h3-6,10H,7-9H2,1-2H3,(H2,16,17). The second-order valence-electron chi connectivity index (χ2n) is 5.27. The van der Waals surface area contributed by atoms with Crippen LogP contribution in [0.3, 0.4) is 0 Å². The molecule has 2 heterocycles. The molecular formula is C15H19N3O. The number of nitrogen functional groups attached to an aromatic ring is 1. The van der Waals surface area contributed by atoms with Gasteiger partial charge in [0.2, 0.25) is 0 Å². The minimum Gasteiger partial charge on any atom is -0.382 e. The van der Waals surface area contributed by atoms with E-state index in [0.29, 0.717) is 18.3 Å². The average Bonchev–Trinajstić information content (AvgIpc) is 2.77. The maximum absolute atomic E-state index is 5.97. The van der Waals surface area contributed by atoms with Crippen molar-refractivity contribution in [2.75, 3.05) is 12.3 Å². The van der Waals surface area contributed by atoms with Crippen LogP contribution in [0.1, 0.15) is 36.6 Å². The molecule has 19 heavy (non-hydrogen) atoms. The van der Waals surface area contributed by atoms with Crippen LogP contribution in [0.25, 0.3) is 5.69 Å². The molecule has 0 unspecified atom stereocenters. The third-order valence-electron chi connectivity index (χ3n) is 3.65. The molecule has 1 aromatic heterocycles. The summed E-state index contributed by atoms with van der Waals surface area (Å²) in [5.74, 6) is 1.13. The Bertz CT molecular complexity index is 584. The van der Waals surface area contributed by atoms with Gasteiger partial charge in [0.25, 0.3) is 0 Å². The fourth-order valence-corrected chi connectivity index (χ4v) is 2.48. The van der Waals surface area contributed by atoms with E-state index in [1.54, 1.807) is 0 Å². The molecular weight excluding hydrogens is 238 g/mol. The smallest absolute Gasteiger partial charge is 0.151 e. The molecule has 2 N–H and O–H groups in total. The summed E-state index contributed by atoms with van der Waals surface area (Å²) in [4.78, 5) is 0. The van der Waals surface area contributed by atoms with E-state index >= 15 is 0 Å². The normalized spacial score (nSPS) is 14.7. The first-order valence-corrected chi connectivity index (χ1v) is 6.71. The molecule has 4 heteroatoms. The van der Waals surface area contributed by atoms with Gasteiger partial charge in [0.15, 0.2) is 5.82 Å². The van der Waals surface area contributed by atoms with Crippen molar-refractivity contribution in [2.45, 2.75) is 32.8 Å². The number of rotatable bonds is 2. The SMILES string of the molecule is CC(C)c1ccc(-n2nc(N)c3c2CCOC3)cc1. The van der Waals surface area contributed by atoms with Gasteiger partial charge in [-0.25, -0.2) is 4.68 Å².